The van der Waals surface area contributed by atoms with Crippen LogP contribution in [0.3, 0.4) is 0 Å². The van der Waals surface area contributed by atoms with Crippen LogP contribution in [-0.2, 0) is 6.54 Å². The lowest BCUT2D eigenvalue weighted by molar-refractivity contribution is 0.472. The molecule has 2 rings (SSSR count). The van der Waals surface area contributed by atoms with Crippen molar-refractivity contribution in [1.82, 2.24) is 5.32 Å². The smallest absolute Gasteiger partial charge is 0.137 e. The van der Waals surface area contributed by atoms with Crippen LogP contribution in [0, 0.1) is 11.7 Å². The number of hydrogen-bond donors (Lipinski definition) is 1. The first-order valence-electron chi connectivity index (χ1n) is 6.71. The van der Waals surface area contributed by atoms with Crippen LogP contribution < -0.4 is 5.32 Å². The van der Waals surface area contributed by atoms with Crippen molar-refractivity contribution >= 4 is 12.4 Å². The molecule has 1 N–H and O–H groups in total. The van der Waals surface area contributed by atoms with E-state index in [1.54, 1.807) is 12.1 Å². The van der Waals surface area contributed by atoms with E-state index >= 15 is 0 Å². The molecule has 20 heavy (non-hydrogen) atoms. The van der Waals surface area contributed by atoms with Crippen molar-refractivity contribution in [1.29, 1.82) is 0 Å². The van der Waals surface area contributed by atoms with E-state index in [-0.39, 0.29) is 18.2 Å². The van der Waals surface area contributed by atoms with E-state index in [1.807, 2.05) is 18.2 Å². The normalized spacial score (nSPS) is 10.6. The maximum absolute atomic E-state index is 13.6. The number of rotatable bonds is 6. The summed E-state index contributed by atoms with van der Waals surface area (Å²) < 4.78 is 19.3. The molecule has 0 aliphatic heterocycles. The van der Waals surface area contributed by atoms with Gasteiger partial charge in [0.1, 0.15) is 17.3 Å². The van der Waals surface area contributed by atoms with Gasteiger partial charge in [0.2, 0.25) is 0 Å². The molecule has 0 aliphatic carbocycles. The predicted octanol–water partition coefficient (Wildman–Crippen LogP) is 4.64. The van der Waals surface area contributed by atoms with Crippen LogP contribution in [0.15, 0.2) is 40.8 Å². The molecule has 0 aliphatic rings. The van der Waals surface area contributed by atoms with Crippen LogP contribution in [0.1, 0.15) is 26.0 Å². The van der Waals surface area contributed by atoms with Gasteiger partial charge in [-0.25, -0.2) is 4.39 Å². The van der Waals surface area contributed by atoms with Gasteiger partial charge >= 0.3 is 0 Å². The van der Waals surface area contributed by atoms with Gasteiger partial charge in [0.25, 0.3) is 0 Å². The Hall–Kier alpha value is -1.32. The molecule has 2 aromatic rings. The summed E-state index contributed by atoms with van der Waals surface area (Å²) in [5.74, 6) is 1.86. The van der Waals surface area contributed by atoms with Gasteiger partial charge in [-0.1, -0.05) is 26.0 Å². The molecular formula is C16H21ClFNO. The molecule has 1 aromatic carbocycles. The molecule has 1 heterocycles. The van der Waals surface area contributed by atoms with Gasteiger partial charge in [-0.3, -0.25) is 0 Å². The molecule has 0 spiro atoms. The summed E-state index contributed by atoms with van der Waals surface area (Å²) in [7, 11) is 0. The van der Waals surface area contributed by atoms with Crippen molar-refractivity contribution in [3.05, 3.63) is 48.0 Å². The molecule has 0 unspecified atom stereocenters. The maximum Gasteiger partial charge on any atom is 0.137 e. The van der Waals surface area contributed by atoms with E-state index in [2.05, 4.69) is 19.2 Å². The second-order valence-electron chi connectivity index (χ2n) is 5.11. The lowest BCUT2D eigenvalue weighted by atomic mass is 10.1. The number of furan rings is 1. The van der Waals surface area contributed by atoms with Crippen LogP contribution in [0.5, 0.6) is 0 Å². The first-order valence-corrected chi connectivity index (χ1v) is 6.71. The zero-order chi connectivity index (χ0) is 13.7. The van der Waals surface area contributed by atoms with Crippen molar-refractivity contribution in [2.45, 2.75) is 26.8 Å². The molecule has 1 aromatic heterocycles. The van der Waals surface area contributed by atoms with E-state index in [4.69, 9.17) is 4.42 Å². The molecule has 0 radical (unpaired) electrons. The summed E-state index contributed by atoms with van der Waals surface area (Å²) in [5.41, 5.74) is 0.510. The maximum atomic E-state index is 13.6. The fraction of sp³-hybridized carbons (Fsp3) is 0.375. The van der Waals surface area contributed by atoms with Gasteiger partial charge in [-0.05, 0) is 43.1 Å². The first-order chi connectivity index (χ1) is 9.16. The highest BCUT2D eigenvalue weighted by atomic mass is 35.5. The largest absolute Gasteiger partial charge is 0.460 e. The Bertz CT molecular complexity index is 525. The van der Waals surface area contributed by atoms with Crippen LogP contribution >= 0.6 is 12.4 Å². The fourth-order valence-electron chi connectivity index (χ4n) is 1.88. The molecule has 110 valence electrons. The van der Waals surface area contributed by atoms with Gasteiger partial charge in [-0.2, -0.15) is 0 Å². The fourth-order valence-corrected chi connectivity index (χ4v) is 1.88. The van der Waals surface area contributed by atoms with Gasteiger partial charge < -0.3 is 9.73 Å². The Balaban J connectivity index is 0.00000200. The van der Waals surface area contributed by atoms with E-state index in [1.165, 1.54) is 6.07 Å². The summed E-state index contributed by atoms with van der Waals surface area (Å²) in [6, 6.07) is 10.4. The SMILES string of the molecule is CC(C)CCNCc1ccc(-c2ccccc2F)o1.Cl. The van der Waals surface area contributed by atoms with Gasteiger partial charge in [-0.15, -0.1) is 12.4 Å². The zero-order valence-corrected chi connectivity index (χ0v) is 12.7. The summed E-state index contributed by atoms with van der Waals surface area (Å²) in [5, 5.41) is 3.32. The summed E-state index contributed by atoms with van der Waals surface area (Å²) in [6.45, 7) is 6.05. The highest BCUT2D eigenvalue weighted by Gasteiger charge is 2.08. The Morgan fingerprint density at radius 1 is 1.15 bits per heavy atom. The van der Waals surface area contributed by atoms with Crippen molar-refractivity contribution in [3.63, 3.8) is 0 Å². The summed E-state index contributed by atoms with van der Waals surface area (Å²) in [6.07, 6.45) is 1.14. The molecule has 4 heteroatoms. The Morgan fingerprint density at radius 2 is 1.90 bits per heavy atom. The van der Waals surface area contributed by atoms with Crippen molar-refractivity contribution < 1.29 is 8.81 Å². The first kappa shape index (κ1) is 16.7. The molecule has 0 saturated heterocycles. The highest BCUT2D eigenvalue weighted by molar-refractivity contribution is 5.85. The van der Waals surface area contributed by atoms with Crippen LogP contribution in [-0.4, -0.2) is 6.54 Å². The molecule has 0 fully saturated rings. The lowest BCUT2D eigenvalue weighted by Crippen LogP contribution is -2.15. The molecule has 0 saturated carbocycles. The molecule has 2 nitrogen and oxygen atoms in total. The third-order valence-corrected chi connectivity index (χ3v) is 3.00. The van der Waals surface area contributed by atoms with Crippen molar-refractivity contribution in [2.75, 3.05) is 6.54 Å². The number of halogens is 2. The van der Waals surface area contributed by atoms with E-state index in [9.17, 15) is 4.39 Å². The van der Waals surface area contributed by atoms with Gasteiger partial charge in [0.05, 0.1) is 12.1 Å². The topological polar surface area (TPSA) is 25.2 Å². The van der Waals surface area contributed by atoms with Crippen molar-refractivity contribution in [2.24, 2.45) is 5.92 Å². The molecule has 0 amide bonds. The van der Waals surface area contributed by atoms with Gasteiger partial charge in [0.15, 0.2) is 0 Å². The van der Waals surface area contributed by atoms with Crippen LogP contribution in [0.2, 0.25) is 0 Å². The Kier molecular flexibility index (Phi) is 6.76. The summed E-state index contributed by atoms with van der Waals surface area (Å²) >= 11 is 0. The van der Waals surface area contributed by atoms with E-state index in [0.717, 1.165) is 18.7 Å². The predicted molar refractivity (Wildman–Crippen MR) is 82.5 cm³/mol. The number of hydrogen-bond acceptors (Lipinski definition) is 2. The van der Waals surface area contributed by atoms with Crippen molar-refractivity contribution in [3.8, 4) is 11.3 Å². The van der Waals surface area contributed by atoms with E-state index < -0.39 is 0 Å². The average Bonchev–Trinajstić information content (AvgIpc) is 2.83. The van der Waals surface area contributed by atoms with Gasteiger partial charge in [0, 0.05) is 0 Å². The standard InChI is InChI=1S/C16H20FNO.ClH/c1-12(2)9-10-18-11-13-7-8-16(19-13)14-5-3-4-6-15(14)17;/h3-8,12,18H,9-11H2,1-2H3;1H. The number of nitrogens with one attached hydrogen (secondary N) is 1. The Morgan fingerprint density at radius 3 is 2.60 bits per heavy atom. The second kappa shape index (κ2) is 8.08. The van der Waals surface area contributed by atoms with E-state index in [0.29, 0.717) is 23.8 Å². The molecule has 0 atom stereocenters. The lowest BCUT2D eigenvalue weighted by Gasteiger charge is -2.05. The zero-order valence-electron chi connectivity index (χ0n) is 11.9. The third-order valence-electron chi connectivity index (χ3n) is 3.00. The average molecular weight is 298 g/mol. The Labute approximate surface area is 125 Å². The summed E-state index contributed by atoms with van der Waals surface area (Å²) in [4.78, 5) is 0. The second-order valence-corrected chi connectivity index (χ2v) is 5.11. The third kappa shape index (κ3) is 4.66. The minimum atomic E-state index is -0.254. The monoisotopic (exact) mass is 297 g/mol. The highest BCUT2D eigenvalue weighted by Crippen LogP contribution is 2.24. The molecule has 0 bridgehead atoms. The minimum absolute atomic E-state index is 0. The quantitative estimate of drug-likeness (QED) is 0.786. The van der Waals surface area contributed by atoms with Crippen LogP contribution in [0.4, 0.5) is 4.39 Å². The number of benzene rings is 1. The van der Waals surface area contributed by atoms with Crippen LogP contribution in [0.25, 0.3) is 11.3 Å². The molecular weight excluding hydrogens is 277 g/mol. The minimum Gasteiger partial charge on any atom is -0.460 e.